The van der Waals surface area contributed by atoms with Gasteiger partial charge in [0.1, 0.15) is 6.04 Å². The van der Waals surface area contributed by atoms with Crippen LogP contribution in [0.5, 0.6) is 0 Å². The molecule has 2 aliphatic heterocycles. The number of likely N-dealkylation sites (tertiary alicyclic amines) is 1. The molecule has 2 aliphatic rings. The molecule has 8 nitrogen and oxygen atoms in total. The van der Waals surface area contributed by atoms with Gasteiger partial charge in [-0.15, -0.1) is 0 Å². The molecule has 1 aromatic carbocycles. The summed E-state index contributed by atoms with van der Waals surface area (Å²) in [4.78, 5) is 41.1. The topological polar surface area (TPSA) is 104 Å². The molecule has 0 spiro atoms. The Kier molecular flexibility index (Phi) is 7.12. The first-order chi connectivity index (χ1) is 14.2. The van der Waals surface area contributed by atoms with Gasteiger partial charge in [-0.05, 0) is 25.3 Å². The number of rotatable bonds is 5. The van der Waals surface area contributed by atoms with Gasteiger partial charge in [0.05, 0.1) is 23.8 Å². The maximum absolute atomic E-state index is 12.7. The number of hydrogen-bond acceptors (Lipinski definition) is 5. The van der Waals surface area contributed by atoms with Gasteiger partial charge < -0.3 is 15.1 Å². The Bertz CT molecular complexity index is 873. The molecule has 2 saturated heterocycles. The fourth-order valence-electron chi connectivity index (χ4n) is 3.90. The van der Waals surface area contributed by atoms with Gasteiger partial charge in [-0.1, -0.05) is 30.3 Å². The van der Waals surface area contributed by atoms with Gasteiger partial charge >= 0.3 is 0 Å². The molecule has 2 atom stereocenters. The second-order valence-electron chi connectivity index (χ2n) is 8.05. The molecule has 1 aromatic rings. The molecule has 1 N–H and O–H groups in total. The second-order valence-corrected chi connectivity index (χ2v) is 10.4. The first kappa shape index (κ1) is 22.3. The molecule has 2 fully saturated rings. The fourth-order valence-corrected chi connectivity index (χ4v) is 5.10. The maximum Gasteiger partial charge on any atom is 0.244 e. The van der Waals surface area contributed by atoms with E-state index in [1.165, 1.54) is 4.90 Å². The van der Waals surface area contributed by atoms with Crippen molar-refractivity contribution in [1.82, 2.24) is 15.1 Å². The number of carbonyl (C=O) groups excluding carboxylic acids is 3. The van der Waals surface area contributed by atoms with Crippen molar-refractivity contribution in [3.63, 3.8) is 0 Å². The van der Waals surface area contributed by atoms with Crippen molar-refractivity contribution >= 4 is 27.6 Å². The lowest BCUT2D eigenvalue weighted by molar-refractivity contribution is -0.139. The predicted molar refractivity (Wildman–Crippen MR) is 112 cm³/mol. The molecule has 0 aromatic heterocycles. The van der Waals surface area contributed by atoms with Crippen LogP contribution < -0.4 is 5.32 Å². The number of benzene rings is 1. The Hall–Kier alpha value is -2.42. The number of piperidine rings is 1. The first-order valence-corrected chi connectivity index (χ1v) is 12.2. The van der Waals surface area contributed by atoms with Crippen molar-refractivity contribution in [1.29, 1.82) is 0 Å². The molecule has 0 bridgehead atoms. The van der Waals surface area contributed by atoms with Gasteiger partial charge in [-0.25, -0.2) is 8.42 Å². The van der Waals surface area contributed by atoms with E-state index in [4.69, 9.17) is 0 Å². The normalized spacial score (nSPS) is 22.2. The SMILES string of the molecule is CC(NC(=O)C1CCCN(C(=O)Cc2ccccc2)C1)C(=O)N1CCS(=O)(=O)CC1. The molecular weight excluding hydrogens is 406 g/mol. The number of nitrogens with one attached hydrogen (secondary N) is 1. The van der Waals surface area contributed by atoms with Crippen LogP contribution in [-0.4, -0.2) is 79.7 Å². The molecule has 0 saturated carbocycles. The highest BCUT2D eigenvalue weighted by atomic mass is 32.2. The van der Waals surface area contributed by atoms with Crippen molar-refractivity contribution in [2.45, 2.75) is 32.2 Å². The van der Waals surface area contributed by atoms with Crippen LogP contribution in [0.4, 0.5) is 0 Å². The molecule has 3 amide bonds. The third-order valence-electron chi connectivity index (χ3n) is 5.73. The van der Waals surface area contributed by atoms with Crippen LogP contribution in [0.1, 0.15) is 25.3 Å². The van der Waals surface area contributed by atoms with Crippen molar-refractivity contribution < 1.29 is 22.8 Å². The standard InChI is InChI=1S/C21H29N3O5S/c1-16(21(27)23-10-12-30(28,29)13-11-23)22-20(26)18-8-5-9-24(15-18)19(25)14-17-6-3-2-4-7-17/h2-4,6-7,16,18H,5,8-15H2,1H3,(H,22,26). The Balaban J connectivity index is 1.51. The van der Waals surface area contributed by atoms with E-state index in [9.17, 15) is 22.8 Å². The Morgan fingerprint density at radius 2 is 1.73 bits per heavy atom. The lowest BCUT2D eigenvalue weighted by Crippen LogP contribution is -2.54. The minimum absolute atomic E-state index is 0.00245. The van der Waals surface area contributed by atoms with Crippen LogP contribution in [0.2, 0.25) is 0 Å². The molecule has 0 radical (unpaired) electrons. The summed E-state index contributed by atoms with van der Waals surface area (Å²) < 4.78 is 23.1. The number of hydrogen-bond donors (Lipinski definition) is 1. The van der Waals surface area contributed by atoms with Crippen LogP contribution in [0.25, 0.3) is 0 Å². The van der Waals surface area contributed by atoms with Crippen LogP contribution in [-0.2, 0) is 30.6 Å². The summed E-state index contributed by atoms with van der Waals surface area (Å²) in [6, 6.07) is 8.78. The molecule has 2 unspecified atom stereocenters. The van der Waals surface area contributed by atoms with Gasteiger partial charge in [0, 0.05) is 26.2 Å². The first-order valence-electron chi connectivity index (χ1n) is 10.4. The summed E-state index contributed by atoms with van der Waals surface area (Å²) in [6.07, 6.45) is 1.72. The lowest BCUT2D eigenvalue weighted by Gasteiger charge is -2.33. The average molecular weight is 436 g/mol. The zero-order valence-corrected chi connectivity index (χ0v) is 18.1. The predicted octanol–water partition coefficient (Wildman–Crippen LogP) is 0.229. The molecule has 9 heteroatoms. The summed E-state index contributed by atoms with van der Waals surface area (Å²) in [7, 11) is -3.07. The molecule has 30 heavy (non-hydrogen) atoms. The minimum Gasteiger partial charge on any atom is -0.344 e. The van der Waals surface area contributed by atoms with Gasteiger partial charge in [0.15, 0.2) is 9.84 Å². The monoisotopic (exact) mass is 435 g/mol. The van der Waals surface area contributed by atoms with Gasteiger partial charge in [-0.3, -0.25) is 14.4 Å². The summed E-state index contributed by atoms with van der Waals surface area (Å²) >= 11 is 0. The van der Waals surface area contributed by atoms with E-state index in [2.05, 4.69) is 5.32 Å². The fraction of sp³-hybridized carbons (Fsp3) is 0.571. The quantitative estimate of drug-likeness (QED) is 0.713. The molecule has 164 valence electrons. The number of amides is 3. The zero-order chi connectivity index (χ0) is 21.7. The summed E-state index contributed by atoms with van der Waals surface area (Å²) in [5.41, 5.74) is 0.942. The van der Waals surface area contributed by atoms with Crippen LogP contribution in [0, 0.1) is 5.92 Å². The Labute approximate surface area is 177 Å². The number of carbonyl (C=O) groups is 3. The van der Waals surface area contributed by atoms with Gasteiger partial charge in [-0.2, -0.15) is 0 Å². The van der Waals surface area contributed by atoms with E-state index in [0.717, 1.165) is 12.0 Å². The number of nitrogens with zero attached hydrogens (tertiary/aromatic N) is 2. The summed E-state index contributed by atoms with van der Waals surface area (Å²) in [6.45, 7) is 2.91. The largest absolute Gasteiger partial charge is 0.344 e. The molecule has 3 rings (SSSR count). The Morgan fingerprint density at radius 3 is 2.40 bits per heavy atom. The second kappa shape index (κ2) is 9.59. The highest BCUT2D eigenvalue weighted by Crippen LogP contribution is 2.18. The third-order valence-corrected chi connectivity index (χ3v) is 7.34. The molecule has 0 aliphatic carbocycles. The van der Waals surface area contributed by atoms with E-state index < -0.39 is 15.9 Å². The zero-order valence-electron chi connectivity index (χ0n) is 17.2. The third kappa shape index (κ3) is 5.81. The molecular formula is C21H29N3O5S. The highest BCUT2D eigenvalue weighted by Gasteiger charge is 2.32. The summed E-state index contributed by atoms with van der Waals surface area (Å²) in [5.74, 6) is -0.947. The maximum atomic E-state index is 12.7. The molecule has 2 heterocycles. The average Bonchev–Trinajstić information content (AvgIpc) is 2.74. The minimum atomic E-state index is -3.07. The van der Waals surface area contributed by atoms with E-state index in [1.54, 1.807) is 11.8 Å². The van der Waals surface area contributed by atoms with E-state index in [0.29, 0.717) is 25.9 Å². The van der Waals surface area contributed by atoms with Crippen molar-refractivity contribution in [2.24, 2.45) is 5.92 Å². The van der Waals surface area contributed by atoms with Gasteiger partial charge in [0.2, 0.25) is 17.7 Å². The van der Waals surface area contributed by atoms with Crippen LogP contribution >= 0.6 is 0 Å². The highest BCUT2D eigenvalue weighted by molar-refractivity contribution is 7.91. The van der Waals surface area contributed by atoms with E-state index >= 15 is 0 Å². The van der Waals surface area contributed by atoms with E-state index in [-0.39, 0.29) is 48.2 Å². The van der Waals surface area contributed by atoms with Crippen molar-refractivity contribution in [3.05, 3.63) is 35.9 Å². The van der Waals surface area contributed by atoms with Crippen molar-refractivity contribution in [2.75, 3.05) is 37.7 Å². The smallest absolute Gasteiger partial charge is 0.244 e. The summed E-state index contributed by atoms with van der Waals surface area (Å²) in [5, 5.41) is 2.76. The lowest BCUT2D eigenvalue weighted by atomic mass is 9.96. The Morgan fingerprint density at radius 1 is 1.07 bits per heavy atom. The van der Waals surface area contributed by atoms with Crippen LogP contribution in [0.3, 0.4) is 0 Å². The van der Waals surface area contributed by atoms with E-state index in [1.807, 2.05) is 30.3 Å². The van der Waals surface area contributed by atoms with Gasteiger partial charge in [0.25, 0.3) is 0 Å². The van der Waals surface area contributed by atoms with Crippen LogP contribution in [0.15, 0.2) is 30.3 Å². The van der Waals surface area contributed by atoms with Crippen molar-refractivity contribution in [3.8, 4) is 0 Å². The number of sulfone groups is 1.